The number of aromatic carboxylic acids is 1. The van der Waals surface area contributed by atoms with Crippen LogP contribution in [0.2, 0.25) is 0 Å². The van der Waals surface area contributed by atoms with Gasteiger partial charge in [0.15, 0.2) is 0 Å². The Labute approximate surface area is 222 Å². The summed E-state index contributed by atoms with van der Waals surface area (Å²) in [5.41, 5.74) is 3.98. The molecule has 1 atom stereocenters. The van der Waals surface area contributed by atoms with Crippen molar-refractivity contribution in [3.63, 3.8) is 0 Å². The van der Waals surface area contributed by atoms with Crippen molar-refractivity contribution in [2.75, 3.05) is 13.2 Å². The quantitative estimate of drug-likeness (QED) is 0.370. The largest absolute Gasteiger partial charge is 0.496 e. The number of hydrogen-bond donors (Lipinski definition) is 1. The van der Waals surface area contributed by atoms with Gasteiger partial charge in [0.2, 0.25) is 0 Å². The van der Waals surface area contributed by atoms with Gasteiger partial charge in [-0.15, -0.1) is 0 Å². The van der Waals surface area contributed by atoms with E-state index in [1.165, 1.54) is 5.56 Å². The molecule has 196 valence electrons. The van der Waals surface area contributed by atoms with Gasteiger partial charge in [-0.05, 0) is 76.3 Å². The molecule has 0 aliphatic carbocycles. The topological polar surface area (TPSA) is 82.8 Å². The highest BCUT2D eigenvalue weighted by Gasteiger charge is 2.52. The minimum Gasteiger partial charge on any atom is -0.478 e. The van der Waals surface area contributed by atoms with E-state index in [9.17, 15) is 9.90 Å². The molecule has 6 rings (SSSR count). The fourth-order valence-electron chi connectivity index (χ4n) is 5.78. The molecule has 2 fully saturated rings. The van der Waals surface area contributed by atoms with Crippen molar-refractivity contribution >= 4 is 40.5 Å². The summed E-state index contributed by atoms with van der Waals surface area (Å²) in [6, 6.07) is 17.9. The third kappa shape index (κ3) is 4.11. The van der Waals surface area contributed by atoms with Gasteiger partial charge >= 0.3 is 13.1 Å². The van der Waals surface area contributed by atoms with Crippen LogP contribution in [-0.2, 0) is 14.0 Å². The molecule has 2 saturated heterocycles. The molecule has 1 N–H and O–H groups in total. The fourth-order valence-corrected chi connectivity index (χ4v) is 5.78. The molecule has 1 unspecified atom stereocenters. The predicted molar refractivity (Wildman–Crippen MR) is 148 cm³/mol. The molecule has 0 bridgehead atoms. The predicted octanol–water partition coefficient (Wildman–Crippen LogP) is 5.20. The van der Waals surface area contributed by atoms with Gasteiger partial charge in [-0.1, -0.05) is 30.3 Å². The summed E-state index contributed by atoms with van der Waals surface area (Å²) < 4.78 is 20.7. The zero-order valence-electron chi connectivity index (χ0n) is 22.3. The fraction of sp³-hybridized carbons (Fsp3) is 0.400. The maximum absolute atomic E-state index is 12.0. The Morgan fingerprint density at radius 1 is 1.00 bits per heavy atom. The van der Waals surface area contributed by atoms with Crippen LogP contribution in [0.15, 0.2) is 60.8 Å². The number of carboxylic acid groups (broad SMARTS) is 1. The monoisotopic (exact) mass is 512 g/mol. The lowest BCUT2D eigenvalue weighted by Crippen LogP contribution is -2.41. The number of pyridine rings is 1. The second-order valence-corrected chi connectivity index (χ2v) is 11.4. The normalized spacial score (nSPS) is 20.3. The maximum atomic E-state index is 12.0. The molecular weight excluding hydrogens is 479 g/mol. The number of aromatic nitrogens is 2. The third-order valence-electron chi connectivity index (χ3n) is 8.56. The maximum Gasteiger partial charge on any atom is 0.496 e. The number of benzene rings is 2. The lowest BCUT2D eigenvalue weighted by Gasteiger charge is -2.33. The van der Waals surface area contributed by atoms with Gasteiger partial charge in [0.05, 0.1) is 39.4 Å². The van der Waals surface area contributed by atoms with Crippen molar-refractivity contribution in [3.8, 4) is 0 Å². The molecule has 0 saturated carbocycles. The Bertz CT molecular complexity index is 1490. The van der Waals surface area contributed by atoms with E-state index in [1.54, 1.807) is 12.1 Å². The highest BCUT2D eigenvalue weighted by molar-refractivity contribution is 6.62. The molecule has 0 amide bonds. The Morgan fingerprint density at radius 3 is 2.34 bits per heavy atom. The van der Waals surface area contributed by atoms with Crippen LogP contribution in [0, 0.1) is 5.92 Å². The second kappa shape index (κ2) is 9.22. The van der Waals surface area contributed by atoms with Crippen molar-refractivity contribution in [1.82, 2.24) is 9.55 Å². The summed E-state index contributed by atoms with van der Waals surface area (Å²) in [4.78, 5) is 16.9. The van der Waals surface area contributed by atoms with E-state index in [1.807, 2.05) is 46.0 Å². The van der Waals surface area contributed by atoms with Crippen LogP contribution in [0.4, 0.5) is 0 Å². The molecular formula is C30H33BN2O5. The van der Waals surface area contributed by atoms with Gasteiger partial charge < -0.3 is 23.7 Å². The van der Waals surface area contributed by atoms with Crippen molar-refractivity contribution in [1.29, 1.82) is 0 Å². The molecule has 4 heterocycles. The van der Waals surface area contributed by atoms with Gasteiger partial charge in [0.25, 0.3) is 0 Å². The first-order valence-electron chi connectivity index (χ1n) is 13.3. The number of hydrogen-bond acceptors (Lipinski definition) is 5. The zero-order valence-corrected chi connectivity index (χ0v) is 22.3. The van der Waals surface area contributed by atoms with Gasteiger partial charge in [0.1, 0.15) is 0 Å². The summed E-state index contributed by atoms with van der Waals surface area (Å²) in [6.45, 7) is 9.59. The van der Waals surface area contributed by atoms with Crippen LogP contribution in [-0.4, -0.2) is 52.2 Å². The summed E-state index contributed by atoms with van der Waals surface area (Å²) in [5.74, 6) is -0.629. The third-order valence-corrected chi connectivity index (χ3v) is 8.56. The van der Waals surface area contributed by atoms with E-state index in [2.05, 4.69) is 34.9 Å². The van der Waals surface area contributed by atoms with Crippen LogP contribution in [0.5, 0.6) is 0 Å². The van der Waals surface area contributed by atoms with E-state index in [4.69, 9.17) is 19.0 Å². The van der Waals surface area contributed by atoms with E-state index in [0.29, 0.717) is 19.1 Å². The highest BCUT2D eigenvalue weighted by atomic mass is 16.7. The molecule has 0 radical (unpaired) electrons. The van der Waals surface area contributed by atoms with Gasteiger partial charge in [0, 0.05) is 30.3 Å². The van der Waals surface area contributed by atoms with Crippen LogP contribution in [0.3, 0.4) is 0 Å². The average Bonchev–Trinajstić information content (AvgIpc) is 3.34. The zero-order chi connectivity index (χ0) is 26.7. The number of rotatable bonds is 5. The molecule has 0 spiro atoms. The number of nitrogens with zero attached hydrogens (tertiary/aromatic N) is 2. The standard InChI is InChI=1S/C30H33BN2O5/c1-29(2)30(3,4)38-31(37-29)22-17-25-26(32-18-22)23-11-10-21(28(34)35)16-24(23)33(25)27(19-8-6-5-7-9-19)20-12-14-36-15-13-20/h5-11,16-18,20,27H,12-15H2,1-4H3,(H,34,35). The summed E-state index contributed by atoms with van der Waals surface area (Å²) >= 11 is 0. The SMILES string of the molecule is CC1(C)OB(c2cnc3c4ccc(C(=O)O)cc4n(C(c4ccccc4)C4CCOCC4)c3c2)OC1(C)C. The van der Waals surface area contributed by atoms with Crippen LogP contribution in [0.25, 0.3) is 21.9 Å². The molecule has 2 aromatic carbocycles. The molecule has 38 heavy (non-hydrogen) atoms. The molecule has 2 aliphatic heterocycles. The number of fused-ring (bicyclic) bond motifs is 3. The number of carbonyl (C=O) groups is 1. The van der Waals surface area contributed by atoms with Crippen LogP contribution < -0.4 is 5.46 Å². The van der Waals surface area contributed by atoms with E-state index < -0.39 is 24.3 Å². The first-order valence-corrected chi connectivity index (χ1v) is 13.3. The number of ether oxygens (including phenoxy) is 1. The summed E-state index contributed by atoms with van der Waals surface area (Å²) in [6.07, 6.45) is 3.67. The summed E-state index contributed by atoms with van der Waals surface area (Å²) in [5, 5.41) is 10.8. The van der Waals surface area contributed by atoms with Crippen molar-refractivity contribution in [2.45, 2.75) is 57.8 Å². The van der Waals surface area contributed by atoms with Crippen LogP contribution >= 0.6 is 0 Å². The van der Waals surface area contributed by atoms with Crippen molar-refractivity contribution in [2.24, 2.45) is 5.92 Å². The highest BCUT2D eigenvalue weighted by Crippen LogP contribution is 2.41. The lowest BCUT2D eigenvalue weighted by molar-refractivity contribution is 0.00578. The first-order chi connectivity index (χ1) is 18.2. The molecule has 2 aromatic heterocycles. The van der Waals surface area contributed by atoms with E-state index >= 15 is 0 Å². The number of carboxylic acids is 1. The second-order valence-electron chi connectivity index (χ2n) is 11.4. The van der Waals surface area contributed by atoms with Gasteiger partial charge in [-0.2, -0.15) is 0 Å². The van der Waals surface area contributed by atoms with Gasteiger partial charge in [-0.25, -0.2) is 4.79 Å². The van der Waals surface area contributed by atoms with Crippen molar-refractivity contribution in [3.05, 3.63) is 71.9 Å². The lowest BCUT2D eigenvalue weighted by atomic mass is 9.80. The van der Waals surface area contributed by atoms with E-state index in [-0.39, 0.29) is 11.6 Å². The average molecular weight is 512 g/mol. The molecule has 7 nitrogen and oxygen atoms in total. The Hall–Kier alpha value is -3.20. The first kappa shape index (κ1) is 25.1. The Balaban J connectivity index is 1.61. The Kier molecular flexibility index (Phi) is 6.09. The van der Waals surface area contributed by atoms with Gasteiger partial charge in [-0.3, -0.25) is 4.98 Å². The molecule has 2 aliphatic rings. The minimum atomic E-state index is -0.947. The van der Waals surface area contributed by atoms with E-state index in [0.717, 1.165) is 40.2 Å². The van der Waals surface area contributed by atoms with Crippen LogP contribution in [0.1, 0.15) is 62.5 Å². The smallest absolute Gasteiger partial charge is 0.478 e. The summed E-state index contributed by atoms with van der Waals surface area (Å²) in [7, 11) is -0.545. The molecule has 4 aromatic rings. The van der Waals surface area contributed by atoms with Crippen molar-refractivity contribution < 1.29 is 23.9 Å². The minimum absolute atomic E-state index is 0.0144. The molecule has 8 heteroatoms. The Morgan fingerprint density at radius 2 is 1.68 bits per heavy atom.